The highest BCUT2D eigenvalue weighted by atomic mass is 16.6. The van der Waals surface area contributed by atoms with Crippen molar-refractivity contribution >= 4 is 45.9 Å². The summed E-state index contributed by atoms with van der Waals surface area (Å²) in [4.78, 5) is 75.1. The summed E-state index contributed by atoms with van der Waals surface area (Å²) in [6, 6.07) is 16.0. The Balaban J connectivity index is 1.55. The molecule has 0 radical (unpaired) electrons. The maximum Gasteiger partial charge on any atom is 0.281 e. The molecule has 0 saturated heterocycles. The molecular formula is C28H12N4O8. The van der Waals surface area contributed by atoms with Crippen molar-refractivity contribution < 1.29 is 29.0 Å². The molecule has 12 heteroatoms. The summed E-state index contributed by atoms with van der Waals surface area (Å²) in [6.07, 6.45) is 0. The Morgan fingerprint density at radius 1 is 0.450 bits per heavy atom. The molecule has 4 aromatic carbocycles. The van der Waals surface area contributed by atoms with E-state index < -0.39 is 55.5 Å². The molecule has 0 heterocycles. The van der Waals surface area contributed by atoms with Crippen LogP contribution in [0.4, 0.5) is 22.7 Å². The van der Waals surface area contributed by atoms with Gasteiger partial charge in [-0.25, -0.2) is 0 Å². The van der Waals surface area contributed by atoms with Crippen molar-refractivity contribution in [1.82, 2.24) is 0 Å². The van der Waals surface area contributed by atoms with Crippen molar-refractivity contribution in [3.63, 3.8) is 0 Å². The smallest absolute Gasteiger partial charge is 0.281 e. The second-order valence-corrected chi connectivity index (χ2v) is 8.83. The van der Waals surface area contributed by atoms with Crippen LogP contribution < -0.4 is 0 Å². The van der Waals surface area contributed by atoms with Gasteiger partial charge in [0.2, 0.25) is 11.6 Å². The van der Waals surface area contributed by atoms with Gasteiger partial charge in [0.1, 0.15) is 11.1 Å². The van der Waals surface area contributed by atoms with E-state index in [9.17, 15) is 39.4 Å². The van der Waals surface area contributed by atoms with Gasteiger partial charge in [0.05, 0.1) is 32.3 Å². The molecular weight excluding hydrogens is 520 g/mol. The fourth-order valence-corrected chi connectivity index (χ4v) is 4.96. The number of hydrogen-bond acceptors (Lipinski definition) is 10. The van der Waals surface area contributed by atoms with Gasteiger partial charge in [0.15, 0.2) is 11.6 Å². The van der Waals surface area contributed by atoms with Gasteiger partial charge in [0, 0.05) is 34.4 Å². The van der Waals surface area contributed by atoms with E-state index in [-0.39, 0.29) is 44.8 Å². The quantitative estimate of drug-likeness (QED) is 0.163. The van der Waals surface area contributed by atoms with E-state index in [1.165, 1.54) is 48.5 Å². The third-order valence-corrected chi connectivity index (χ3v) is 6.72. The molecule has 0 N–H and O–H groups in total. The molecule has 0 spiro atoms. The highest BCUT2D eigenvalue weighted by Crippen LogP contribution is 2.41. The van der Waals surface area contributed by atoms with Crippen LogP contribution in [0.2, 0.25) is 0 Å². The minimum Gasteiger partial charge on any atom is -0.288 e. The highest BCUT2D eigenvalue weighted by Gasteiger charge is 2.39. The Morgan fingerprint density at radius 2 is 0.750 bits per heavy atom. The molecule has 0 bridgehead atoms. The van der Waals surface area contributed by atoms with Crippen LogP contribution in [0.1, 0.15) is 63.7 Å². The number of ketones is 4. The highest BCUT2D eigenvalue weighted by molar-refractivity contribution is 6.32. The van der Waals surface area contributed by atoms with Crippen LogP contribution >= 0.6 is 0 Å². The molecule has 0 aliphatic heterocycles. The zero-order valence-electron chi connectivity index (χ0n) is 20.0. The fraction of sp³-hybridized carbons (Fsp3) is 0. The van der Waals surface area contributed by atoms with Gasteiger partial charge in [-0.2, -0.15) is 0 Å². The number of hydrogen-bond donors (Lipinski definition) is 0. The average molecular weight is 532 g/mol. The van der Waals surface area contributed by atoms with Gasteiger partial charge in [-0.1, -0.05) is 48.5 Å². The van der Waals surface area contributed by atoms with Gasteiger partial charge in [0.25, 0.3) is 11.4 Å². The van der Waals surface area contributed by atoms with Gasteiger partial charge < -0.3 is 0 Å². The summed E-state index contributed by atoms with van der Waals surface area (Å²) >= 11 is 0. The van der Waals surface area contributed by atoms with Crippen LogP contribution in [-0.2, 0) is 0 Å². The SMILES string of the molecule is O=C1c2ccccc2C(=O)c2c([N+](=O)[O-])ccc(N=Nc3ccc([N+](=O)[O-])c4c3C(=O)c3ccccc3C4=O)c21. The van der Waals surface area contributed by atoms with E-state index >= 15 is 0 Å². The Bertz CT molecular complexity index is 1800. The number of rotatable bonds is 4. The maximum absolute atomic E-state index is 13.4. The number of benzene rings is 4. The molecule has 0 saturated carbocycles. The third-order valence-electron chi connectivity index (χ3n) is 6.72. The number of azo groups is 1. The molecule has 2 aliphatic carbocycles. The van der Waals surface area contributed by atoms with Crippen molar-refractivity contribution in [2.75, 3.05) is 0 Å². The summed E-state index contributed by atoms with van der Waals surface area (Å²) < 4.78 is 0. The minimum atomic E-state index is -0.784. The van der Waals surface area contributed by atoms with E-state index in [0.29, 0.717) is 0 Å². The first-order valence-corrected chi connectivity index (χ1v) is 11.6. The van der Waals surface area contributed by atoms with Gasteiger partial charge in [-0.05, 0) is 12.1 Å². The lowest BCUT2D eigenvalue weighted by atomic mass is 9.82. The van der Waals surface area contributed by atoms with Crippen molar-refractivity contribution in [3.05, 3.63) is 138 Å². The van der Waals surface area contributed by atoms with Crippen LogP contribution in [0.15, 0.2) is 83.0 Å². The number of nitro groups is 2. The number of nitrogens with zero attached hydrogens (tertiary/aromatic N) is 4. The molecule has 0 unspecified atom stereocenters. The normalized spacial score (nSPS) is 13.5. The molecule has 2 aliphatic rings. The van der Waals surface area contributed by atoms with Crippen molar-refractivity contribution in [2.45, 2.75) is 0 Å². The third kappa shape index (κ3) is 3.40. The molecule has 12 nitrogen and oxygen atoms in total. The Hall–Kier alpha value is -6.04. The van der Waals surface area contributed by atoms with Gasteiger partial charge in [-0.15, -0.1) is 10.2 Å². The largest absolute Gasteiger partial charge is 0.288 e. The molecule has 4 aromatic rings. The second-order valence-electron chi connectivity index (χ2n) is 8.83. The topological polar surface area (TPSA) is 179 Å². The van der Waals surface area contributed by atoms with E-state index in [4.69, 9.17) is 0 Å². The van der Waals surface area contributed by atoms with E-state index in [1.807, 2.05) is 0 Å². The van der Waals surface area contributed by atoms with E-state index in [0.717, 1.165) is 24.3 Å². The van der Waals surface area contributed by atoms with E-state index in [2.05, 4.69) is 10.2 Å². The number of carbonyl (C=O) groups excluding carboxylic acids is 4. The van der Waals surface area contributed by atoms with Gasteiger partial charge in [-0.3, -0.25) is 39.4 Å². The minimum absolute atomic E-state index is 0.00408. The molecule has 192 valence electrons. The van der Waals surface area contributed by atoms with Crippen molar-refractivity contribution in [3.8, 4) is 0 Å². The first kappa shape index (κ1) is 24.3. The predicted octanol–water partition coefficient (Wildman–Crippen LogP) is 5.47. The average Bonchev–Trinajstić information content (AvgIpc) is 2.96. The monoisotopic (exact) mass is 532 g/mol. The summed E-state index contributed by atoms with van der Waals surface area (Å²) in [5.41, 5.74) is -3.09. The summed E-state index contributed by atoms with van der Waals surface area (Å²) in [5, 5.41) is 31.5. The number of nitro benzene ring substituents is 2. The maximum atomic E-state index is 13.4. The first-order chi connectivity index (χ1) is 19.2. The van der Waals surface area contributed by atoms with Crippen molar-refractivity contribution in [2.24, 2.45) is 10.2 Å². The molecule has 0 fully saturated rings. The summed E-state index contributed by atoms with van der Waals surface area (Å²) in [7, 11) is 0. The van der Waals surface area contributed by atoms with Crippen LogP contribution in [-0.4, -0.2) is 33.0 Å². The second kappa shape index (κ2) is 8.77. The molecule has 40 heavy (non-hydrogen) atoms. The van der Waals surface area contributed by atoms with Crippen LogP contribution in [0.25, 0.3) is 0 Å². The predicted molar refractivity (Wildman–Crippen MR) is 137 cm³/mol. The summed E-state index contributed by atoms with van der Waals surface area (Å²) in [6.45, 7) is 0. The molecule has 0 atom stereocenters. The Labute approximate surface area is 222 Å². The van der Waals surface area contributed by atoms with Crippen LogP contribution in [0.5, 0.6) is 0 Å². The lowest BCUT2D eigenvalue weighted by molar-refractivity contribution is -0.385. The summed E-state index contributed by atoms with van der Waals surface area (Å²) in [5.74, 6) is -2.85. The molecule has 6 rings (SSSR count). The standard InChI is InChI=1S/C28H12N4O8/c33-25-13-5-1-3-7-15(13)27(35)23-19(31(37)38)11-9-17(21(23)25)29-30-18-10-12-20(32(39)40)24-22(18)26(34)14-6-2-4-8-16(14)28(24)36/h1-12H. The lowest BCUT2D eigenvalue weighted by Gasteiger charge is -2.19. The molecule has 0 amide bonds. The van der Waals surface area contributed by atoms with Crippen LogP contribution in [0, 0.1) is 20.2 Å². The number of carbonyl (C=O) groups is 4. The van der Waals surface area contributed by atoms with Crippen molar-refractivity contribution in [1.29, 1.82) is 0 Å². The zero-order valence-corrected chi connectivity index (χ0v) is 20.0. The van der Waals surface area contributed by atoms with Gasteiger partial charge >= 0.3 is 0 Å². The Morgan fingerprint density at radius 3 is 1.05 bits per heavy atom. The first-order valence-electron chi connectivity index (χ1n) is 11.6. The Kier molecular flexibility index (Phi) is 5.33. The molecule has 0 aromatic heterocycles. The number of fused-ring (bicyclic) bond motifs is 4. The van der Waals surface area contributed by atoms with E-state index in [1.54, 1.807) is 0 Å². The lowest BCUT2D eigenvalue weighted by Crippen LogP contribution is -2.22. The fourth-order valence-electron chi connectivity index (χ4n) is 4.96. The van der Waals surface area contributed by atoms with Crippen LogP contribution in [0.3, 0.4) is 0 Å². The zero-order chi connectivity index (χ0) is 28.3.